The molecule has 178 valence electrons. The van der Waals surface area contributed by atoms with Gasteiger partial charge in [0, 0.05) is 29.2 Å². The lowest BCUT2D eigenvalue weighted by molar-refractivity contribution is -0.114. The highest BCUT2D eigenvalue weighted by atomic mass is 32.2. The predicted octanol–water partition coefficient (Wildman–Crippen LogP) is 5.84. The van der Waals surface area contributed by atoms with Crippen molar-refractivity contribution in [1.82, 2.24) is 9.58 Å². The zero-order chi connectivity index (χ0) is 24.4. The van der Waals surface area contributed by atoms with E-state index in [1.807, 2.05) is 55.6 Å². The van der Waals surface area contributed by atoms with Crippen molar-refractivity contribution in [2.45, 2.75) is 39.7 Å². The number of aryl methyl sites for hydroxylation is 2. The third-order valence-electron chi connectivity index (χ3n) is 5.97. The standard InChI is InChI=1S/C27H27N5O2S/c1-3-9-24-30-32-25(28)21(26(33)29-27(32)35-24)16-19-17-31(22-12-6-5-11-20(19)22)14-8-15-34-23-13-7-4-10-18(23)2/h4-7,10-13,16-17,28H,3,8-9,14-15H2,1-2H3. The molecule has 8 heteroatoms. The number of carbonyl (C=O) groups is 1. The summed E-state index contributed by atoms with van der Waals surface area (Å²) in [5.41, 5.74) is 3.34. The number of amidine groups is 2. The summed E-state index contributed by atoms with van der Waals surface area (Å²) in [7, 11) is 0. The Balaban J connectivity index is 1.37. The first-order valence-electron chi connectivity index (χ1n) is 11.8. The van der Waals surface area contributed by atoms with E-state index in [0.29, 0.717) is 11.8 Å². The zero-order valence-electron chi connectivity index (χ0n) is 19.8. The number of hydrogen-bond donors (Lipinski definition) is 1. The molecule has 7 nitrogen and oxygen atoms in total. The van der Waals surface area contributed by atoms with Crippen molar-refractivity contribution in [2.24, 2.45) is 10.1 Å². The van der Waals surface area contributed by atoms with Crippen LogP contribution in [0.25, 0.3) is 17.0 Å². The molecule has 0 unspecified atom stereocenters. The highest BCUT2D eigenvalue weighted by molar-refractivity contribution is 8.26. The molecule has 2 aromatic carbocycles. The van der Waals surface area contributed by atoms with Gasteiger partial charge in [-0.05, 0) is 61.7 Å². The number of nitrogens with one attached hydrogen (secondary N) is 1. The fourth-order valence-electron chi connectivity index (χ4n) is 4.21. The molecule has 1 N–H and O–H groups in total. The fraction of sp³-hybridized carbons (Fsp3) is 0.259. The number of aliphatic imine (C=N–C) groups is 1. The van der Waals surface area contributed by atoms with Crippen molar-refractivity contribution < 1.29 is 9.53 Å². The number of carbonyl (C=O) groups excluding carboxylic acids is 1. The predicted molar refractivity (Wildman–Crippen MR) is 143 cm³/mol. The first-order valence-corrected chi connectivity index (χ1v) is 12.6. The minimum atomic E-state index is -0.398. The second-order valence-corrected chi connectivity index (χ2v) is 9.57. The van der Waals surface area contributed by atoms with Gasteiger partial charge in [0.25, 0.3) is 5.91 Å². The molecule has 0 fully saturated rings. The molecule has 1 amide bonds. The molecule has 35 heavy (non-hydrogen) atoms. The summed E-state index contributed by atoms with van der Waals surface area (Å²) >= 11 is 1.37. The minimum Gasteiger partial charge on any atom is -0.493 e. The number of aromatic nitrogens is 1. The average molecular weight is 486 g/mol. The smallest absolute Gasteiger partial charge is 0.283 e. The number of amides is 1. The van der Waals surface area contributed by atoms with E-state index in [0.717, 1.165) is 58.6 Å². The summed E-state index contributed by atoms with van der Waals surface area (Å²) in [6, 6.07) is 16.1. The highest BCUT2D eigenvalue weighted by Gasteiger charge is 2.35. The normalized spacial score (nSPS) is 16.6. The molecule has 1 aromatic heterocycles. The fourth-order valence-corrected chi connectivity index (χ4v) is 5.20. The Morgan fingerprint density at radius 1 is 1.14 bits per heavy atom. The van der Waals surface area contributed by atoms with Crippen LogP contribution in [-0.2, 0) is 11.3 Å². The van der Waals surface area contributed by atoms with Gasteiger partial charge in [-0.2, -0.15) is 15.1 Å². The van der Waals surface area contributed by atoms with Crippen LogP contribution in [0, 0.1) is 12.3 Å². The Morgan fingerprint density at radius 2 is 1.94 bits per heavy atom. The van der Waals surface area contributed by atoms with Crippen molar-refractivity contribution >= 4 is 50.7 Å². The van der Waals surface area contributed by atoms with Gasteiger partial charge in [0.1, 0.15) is 10.8 Å². The average Bonchev–Trinajstić information content (AvgIpc) is 3.42. The number of hydrogen-bond acceptors (Lipinski definition) is 5. The van der Waals surface area contributed by atoms with E-state index in [4.69, 9.17) is 10.1 Å². The maximum atomic E-state index is 12.8. The lowest BCUT2D eigenvalue weighted by Gasteiger charge is -2.20. The molecule has 5 rings (SSSR count). The Labute approximate surface area is 208 Å². The summed E-state index contributed by atoms with van der Waals surface area (Å²) in [5, 5.41) is 17.0. The van der Waals surface area contributed by atoms with E-state index in [1.165, 1.54) is 16.8 Å². The summed E-state index contributed by atoms with van der Waals surface area (Å²) in [4.78, 5) is 17.0. The molecule has 3 heterocycles. The summed E-state index contributed by atoms with van der Waals surface area (Å²) in [5.74, 6) is 0.585. The number of benzene rings is 2. The molecule has 0 saturated heterocycles. The van der Waals surface area contributed by atoms with E-state index in [1.54, 1.807) is 6.08 Å². The van der Waals surface area contributed by atoms with E-state index in [2.05, 4.69) is 27.7 Å². The molecule has 3 aromatic rings. The van der Waals surface area contributed by atoms with Crippen molar-refractivity contribution in [3.63, 3.8) is 0 Å². The van der Waals surface area contributed by atoms with Gasteiger partial charge in [0.2, 0.25) is 5.17 Å². The van der Waals surface area contributed by atoms with Crippen LogP contribution in [0.3, 0.4) is 0 Å². The molecule has 0 aliphatic carbocycles. The van der Waals surface area contributed by atoms with Crippen LogP contribution in [-0.4, -0.2) is 38.1 Å². The molecule has 0 saturated carbocycles. The summed E-state index contributed by atoms with van der Waals surface area (Å²) in [6.07, 6.45) is 6.40. The summed E-state index contributed by atoms with van der Waals surface area (Å²) in [6.45, 7) is 5.51. The molecule has 0 bridgehead atoms. The number of hydrazone groups is 1. The molecule has 0 spiro atoms. The van der Waals surface area contributed by atoms with Crippen LogP contribution < -0.4 is 4.74 Å². The molecule has 0 atom stereocenters. The van der Waals surface area contributed by atoms with Gasteiger partial charge in [-0.1, -0.05) is 43.3 Å². The molecular weight excluding hydrogens is 458 g/mol. The van der Waals surface area contributed by atoms with Gasteiger partial charge in [-0.15, -0.1) is 0 Å². The second kappa shape index (κ2) is 9.92. The second-order valence-electron chi connectivity index (χ2n) is 8.53. The van der Waals surface area contributed by atoms with E-state index in [-0.39, 0.29) is 11.4 Å². The van der Waals surface area contributed by atoms with Crippen molar-refractivity contribution in [2.75, 3.05) is 6.61 Å². The molecule has 2 aliphatic rings. The zero-order valence-corrected chi connectivity index (χ0v) is 20.6. The van der Waals surface area contributed by atoms with Crippen LogP contribution >= 0.6 is 11.8 Å². The van der Waals surface area contributed by atoms with Crippen LogP contribution in [0.2, 0.25) is 0 Å². The minimum absolute atomic E-state index is 0.0714. The SMILES string of the molecule is CCCC1=NN2C(=N)C(=Cc3cn(CCCOc4ccccc4C)c4ccccc34)C(=O)N=C2S1. The van der Waals surface area contributed by atoms with Gasteiger partial charge in [0.15, 0.2) is 5.84 Å². The quantitative estimate of drug-likeness (QED) is 0.321. The number of rotatable bonds is 8. The van der Waals surface area contributed by atoms with Crippen molar-refractivity contribution in [1.29, 1.82) is 5.41 Å². The van der Waals surface area contributed by atoms with Gasteiger partial charge >= 0.3 is 0 Å². The molecular formula is C27H27N5O2S. The number of ether oxygens (including phenoxy) is 1. The Morgan fingerprint density at radius 3 is 2.77 bits per heavy atom. The maximum Gasteiger partial charge on any atom is 0.283 e. The van der Waals surface area contributed by atoms with E-state index < -0.39 is 5.91 Å². The maximum absolute atomic E-state index is 12.8. The van der Waals surface area contributed by atoms with Crippen LogP contribution in [0.5, 0.6) is 5.75 Å². The van der Waals surface area contributed by atoms with Crippen LogP contribution in [0.4, 0.5) is 0 Å². The van der Waals surface area contributed by atoms with E-state index in [9.17, 15) is 4.79 Å². The number of fused-ring (bicyclic) bond motifs is 2. The highest BCUT2D eigenvalue weighted by Crippen LogP contribution is 2.31. The largest absolute Gasteiger partial charge is 0.493 e. The summed E-state index contributed by atoms with van der Waals surface area (Å²) < 4.78 is 8.14. The van der Waals surface area contributed by atoms with Crippen LogP contribution in [0.1, 0.15) is 37.3 Å². The lowest BCUT2D eigenvalue weighted by Crippen LogP contribution is -2.35. The van der Waals surface area contributed by atoms with Gasteiger partial charge in [-0.3, -0.25) is 10.2 Å². The third kappa shape index (κ3) is 4.66. The first-order chi connectivity index (χ1) is 17.0. The Hall–Kier alpha value is -3.65. The number of para-hydroxylation sites is 2. The topological polar surface area (TPSA) is 83.0 Å². The Bertz CT molecular complexity index is 1400. The molecule has 2 aliphatic heterocycles. The molecule has 0 radical (unpaired) electrons. The van der Waals surface area contributed by atoms with Gasteiger partial charge < -0.3 is 9.30 Å². The monoisotopic (exact) mass is 485 g/mol. The van der Waals surface area contributed by atoms with Gasteiger partial charge in [-0.25, -0.2) is 0 Å². The lowest BCUT2D eigenvalue weighted by atomic mass is 10.1. The first kappa shape index (κ1) is 23.1. The third-order valence-corrected chi connectivity index (χ3v) is 6.94. The van der Waals surface area contributed by atoms with Crippen molar-refractivity contribution in [3.05, 3.63) is 71.4 Å². The number of thioether (sulfide) groups is 1. The number of nitrogens with zero attached hydrogens (tertiary/aromatic N) is 4. The van der Waals surface area contributed by atoms with Crippen molar-refractivity contribution in [3.8, 4) is 5.75 Å². The van der Waals surface area contributed by atoms with Crippen LogP contribution in [0.15, 0.2) is 70.4 Å². The van der Waals surface area contributed by atoms with E-state index >= 15 is 0 Å². The Kier molecular flexibility index (Phi) is 6.55. The van der Waals surface area contributed by atoms with Gasteiger partial charge in [0.05, 0.1) is 12.2 Å².